The van der Waals surface area contributed by atoms with Gasteiger partial charge in [0.25, 0.3) is 0 Å². The largest absolute Gasteiger partial charge is 0.489 e. The third-order valence-electron chi connectivity index (χ3n) is 3.13. The molecule has 0 aliphatic rings. The highest BCUT2D eigenvalue weighted by Crippen LogP contribution is 2.40. The van der Waals surface area contributed by atoms with Gasteiger partial charge in [-0.2, -0.15) is 13.2 Å². The average molecular weight is 405 g/mol. The monoisotopic (exact) mass is 404 g/mol. The van der Waals surface area contributed by atoms with E-state index in [0.717, 1.165) is 12.1 Å². The van der Waals surface area contributed by atoms with Crippen LogP contribution < -0.4 is 4.74 Å². The Kier molecular flexibility index (Phi) is 5.51. The Labute approximate surface area is 143 Å². The van der Waals surface area contributed by atoms with Crippen molar-refractivity contribution in [3.63, 3.8) is 0 Å². The first-order valence-corrected chi connectivity index (χ1v) is 7.51. The van der Waals surface area contributed by atoms with Crippen molar-refractivity contribution in [1.29, 1.82) is 0 Å². The maximum Gasteiger partial charge on any atom is 0.416 e. The first kappa shape index (κ1) is 18.3. The van der Waals surface area contributed by atoms with Crippen LogP contribution in [0.3, 0.4) is 0 Å². The Hall–Kier alpha value is -2.06. The lowest BCUT2D eigenvalue weighted by Crippen LogP contribution is -2.07. The van der Waals surface area contributed by atoms with Crippen LogP contribution in [0.5, 0.6) is 5.75 Å². The van der Waals surface area contributed by atoms with Gasteiger partial charge in [0.2, 0.25) is 0 Å². The second-order valence-electron chi connectivity index (χ2n) is 4.79. The molecule has 2 N–H and O–H groups in total. The first-order chi connectivity index (χ1) is 11.2. The molecule has 0 spiro atoms. The van der Waals surface area contributed by atoms with Gasteiger partial charge in [0, 0.05) is 5.56 Å². The van der Waals surface area contributed by atoms with E-state index >= 15 is 0 Å². The number of hydrogen-bond donors (Lipinski definition) is 2. The van der Waals surface area contributed by atoms with Crippen molar-refractivity contribution >= 4 is 21.9 Å². The van der Waals surface area contributed by atoms with Crippen molar-refractivity contribution in [1.82, 2.24) is 0 Å². The summed E-state index contributed by atoms with van der Waals surface area (Å²) in [7, 11) is 0. The van der Waals surface area contributed by atoms with E-state index < -0.39 is 17.7 Å². The number of carbonyl (C=O) groups is 1. The van der Waals surface area contributed by atoms with Crippen LogP contribution in [0.15, 0.2) is 40.9 Å². The van der Waals surface area contributed by atoms with Gasteiger partial charge in [0.05, 0.1) is 22.2 Å². The predicted octanol–water partition coefficient (Wildman–Crippen LogP) is 4.20. The Morgan fingerprint density at radius 1 is 1.21 bits per heavy atom. The third-order valence-corrected chi connectivity index (χ3v) is 3.72. The number of carboxylic acids is 1. The number of halogens is 4. The van der Waals surface area contributed by atoms with E-state index in [4.69, 9.17) is 14.9 Å². The van der Waals surface area contributed by atoms with Gasteiger partial charge in [-0.1, -0.05) is 12.1 Å². The molecule has 0 atom stereocenters. The highest BCUT2D eigenvalue weighted by atomic mass is 79.9. The van der Waals surface area contributed by atoms with Crippen LogP contribution in [0.2, 0.25) is 0 Å². The Balaban J connectivity index is 2.64. The zero-order chi connectivity index (χ0) is 17.9. The summed E-state index contributed by atoms with van der Waals surface area (Å²) in [5.74, 6) is -1.06. The van der Waals surface area contributed by atoms with Gasteiger partial charge >= 0.3 is 12.1 Å². The van der Waals surface area contributed by atoms with Crippen molar-refractivity contribution in [2.45, 2.75) is 6.18 Å². The van der Waals surface area contributed by atoms with Crippen LogP contribution >= 0.6 is 15.9 Å². The highest BCUT2D eigenvalue weighted by molar-refractivity contribution is 9.10. The van der Waals surface area contributed by atoms with E-state index in [9.17, 15) is 18.0 Å². The molecule has 0 saturated carbocycles. The summed E-state index contributed by atoms with van der Waals surface area (Å²) in [4.78, 5) is 11.2. The minimum atomic E-state index is -4.52. The Morgan fingerprint density at radius 3 is 2.50 bits per heavy atom. The topological polar surface area (TPSA) is 66.8 Å². The maximum absolute atomic E-state index is 12.9. The van der Waals surface area contributed by atoms with E-state index in [1.54, 1.807) is 0 Å². The molecule has 2 rings (SSSR count). The lowest BCUT2D eigenvalue weighted by molar-refractivity contribution is -0.137. The van der Waals surface area contributed by atoms with Crippen LogP contribution in [-0.2, 0) is 6.18 Å². The standard InChI is InChI=1S/C16H12BrF3O4/c17-13-8-10(15(22)23)7-12(14(13)24-5-4-21)9-2-1-3-11(6-9)16(18,19)20/h1-3,6-8,21H,4-5H2,(H,22,23). The average Bonchev–Trinajstić information content (AvgIpc) is 2.52. The van der Waals surface area contributed by atoms with Gasteiger partial charge in [0.15, 0.2) is 0 Å². The summed E-state index contributed by atoms with van der Waals surface area (Å²) in [5.41, 5.74) is -0.626. The Morgan fingerprint density at radius 2 is 1.92 bits per heavy atom. The number of benzene rings is 2. The van der Waals surface area contributed by atoms with Crippen molar-refractivity contribution in [2.24, 2.45) is 0 Å². The predicted molar refractivity (Wildman–Crippen MR) is 84.1 cm³/mol. The summed E-state index contributed by atoms with van der Waals surface area (Å²) in [6.07, 6.45) is -4.52. The number of aliphatic hydroxyl groups is 1. The van der Waals surface area contributed by atoms with Gasteiger partial charge in [0.1, 0.15) is 12.4 Å². The zero-order valence-electron chi connectivity index (χ0n) is 12.1. The number of hydrogen-bond acceptors (Lipinski definition) is 3. The summed E-state index contributed by atoms with van der Waals surface area (Å²) >= 11 is 3.16. The highest BCUT2D eigenvalue weighted by Gasteiger charge is 2.30. The quantitative estimate of drug-likeness (QED) is 0.783. The molecule has 24 heavy (non-hydrogen) atoms. The van der Waals surface area contributed by atoms with Crippen LogP contribution in [0.4, 0.5) is 13.2 Å². The van der Waals surface area contributed by atoms with E-state index in [1.165, 1.54) is 24.3 Å². The van der Waals surface area contributed by atoms with Crippen LogP contribution in [-0.4, -0.2) is 29.4 Å². The first-order valence-electron chi connectivity index (χ1n) is 6.72. The van der Waals surface area contributed by atoms with Gasteiger partial charge in [-0.3, -0.25) is 0 Å². The van der Waals surface area contributed by atoms with Crippen LogP contribution in [0.1, 0.15) is 15.9 Å². The fourth-order valence-electron chi connectivity index (χ4n) is 2.09. The summed E-state index contributed by atoms with van der Waals surface area (Å²) in [6, 6.07) is 7.01. The molecule has 128 valence electrons. The molecule has 0 unspecified atom stereocenters. The fourth-order valence-corrected chi connectivity index (χ4v) is 2.66. The summed E-state index contributed by atoms with van der Waals surface area (Å²) in [6.45, 7) is -0.383. The second-order valence-corrected chi connectivity index (χ2v) is 5.64. The minimum absolute atomic E-state index is 0.0863. The van der Waals surface area contributed by atoms with Crippen LogP contribution in [0.25, 0.3) is 11.1 Å². The molecule has 0 aliphatic carbocycles. The molecular weight excluding hydrogens is 393 g/mol. The van der Waals surface area contributed by atoms with E-state index in [0.29, 0.717) is 0 Å². The van der Waals surface area contributed by atoms with Crippen molar-refractivity contribution in [2.75, 3.05) is 13.2 Å². The van der Waals surface area contributed by atoms with Crippen molar-refractivity contribution in [3.8, 4) is 16.9 Å². The van der Waals surface area contributed by atoms with E-state index in [-0.39, 0.29) is 40.1 Å². The maximum atomic E-state index is 12.9. The number of alkyl halides is 3. The lowest BCUT2D eigenvalue weighted by atomic mass is 9.99. The molecule has 2 aromatic rings. The molecule has 8 heteroatoms. The number of ether oxygens (including phenoxy) is 1. The number of rotatable bonds is 5. The number of aromatic carboxylic acids is 1. The SMILES string of the molecule is O=C(O)c1cc(Br)c(OCCO)c(-c2cccc(C(F)(F)F)c2)c1. The van der Waals surface area contributed by atoms with Gasteiger partial charge < -0.3 is 14.9 Å². The molecule has 4 nitrogen and oxygen atoms in total. The van der Waals surface area contributed by atoms with Gasteiger partial charge in [-0.15, -0.1) is 0 Å². The van der Waals surface area contributed by atoms with Gasteiger partial charge in [-0.05, 0) is 45.8 Å². The lowest BCUT2D eigenvalue weighted by Gasteiger charge is -2.15. The second kappa shape index (κ2) is 7.23. The van der Waals surface area contributed by atoms with E-state index in [1.807, 2.05) is 0 Å². The molecular formula is C16H12BrF3O4. The third kappa shape index (κ3) is 4.07. The molecule has 0 bridgehead atoms. The Bertz CT molecular complexity index is 759. The molecule has 0 heterocycles. The molecule has 0 fully saturated rings. The molecule has 0 aromatic heterocycles. The number of carboxylic acid groups (broad SMARTS) is 1. The summed E-state index contributed by atoms with van der Waals surface area (Å²) < 4.78 is 44.3. The number of aliphatic hydroxyl groups excluding tert-OH is 1. The minimum Gasteiger partial charge on any atom is -0.489 e. The van der Waals surface area contributed by atoms with E-state index in [2.05, 4.69) is 15.9 Å². The van der Waals surface area contributed by atoms with Gasteiger partial charge in [-0.25, -0.2) is 4.79 Å². The zero-order valence-corrected chi connectivity index (χ0v) is 13.7. The molecule has 0 aliphatic heterocycles. The van der Waals surface area contributed by atoms with Crippen LogP contribution in [0, 0.1) is 0 Å². The van der Waals surface area contributed by atoms with Crippen molar-refractivity contribution in [3.05, 3.63) is 52.0 Å². The molecule has 0 saturated heterocycles. The summed E-state index contributed by atoms with van der Waals surface area (Å²) in [5, 5.41) is 18.0. The molecule has 0 radical (unpaired) electrons. The smallest absolute Gasteiger partial charge is 0.416 e. The fraction of sp³-hybridized carbons (Fsp3) is 0.188. The van der Waals surface area contributed by atoms with Crippen molar-refractivity contribution < 1.29 is 32.9 Å². The molecule has 2 aromatic carbocycles. The molecule has 0 amide bonds. The normalized spacial score (nSPS) is 11.4.